The van der Waals surface area contributed by atoms with Crippen LogP contribution in [-0.4, -0.2) is 34.6 Å². The second kappa shape index (κ2) is 8.10. The van der Waals surface area contributed by atoms with Crippen LogP contribution in [0.2, 0.25) is 0 Å². The summed E-state index contributed by atoms with van der Waals surface area (Å²) in [6.07, 6.45) is 5.39. The molecule has 0 spiro atoms. The smallest absolute Gasteiger partial charge is 0.246 e. The number of carbonyl (C=O) groups is 1. The number of hydrogen-bond acceptors (Lipinski definition) is 3. The van der Waals surface area contributed by atoms with E-state index in [0.717, 1.165) is 11.3 Å². The highest BCUT2D eigenvalue weighted by Crippen LogP contribution is 2.23. The highest BCUT2D eigenvalue weighted by Gasteiger charge is 2.19. The van der Waals surface area contributed by atoms with Crippen molar-refractivity contribution < 1.29 is 9.90 Å². The normalized spacial score (nSPS) is 12.3. The lowest BCUT2D eigenvalue weighted by atomic mass is 10.0. The molecule has 0 radical (unpaired) electrons. The van der Waals surface area contributed by atoms with Crippen LogP contribution in [0.3, 0.4) is 0 Å². The van der Waals surface area contributed by atoms with Gasteiger partial charge in [0.2, 0.25) is 5.91 Å². The monoisotopic (exact) mass is 296 g/mol. The first-order valence-corrected chi connectivity index (χ1v) is 7.24. The zero-order valence-corrected chi connectivity index (χ0v) is 12.6. The summed E-state index contributed by atoms with van der Waals surface area (Å²) in [4.78, 5) is 18.1. The number of pyridine rings is 1. The van der Waals surface area contributed by atoms with Gasteiger partial charge >= 0.3 is 0 Å². The van der Waals surface area contributed by atoms with Gasteiger partial charge < -0.3 is 10.0 Å². The Morgan fingerprint density at radius 1 is 1.23 bits per heavy atom. The molecule has 0 aliphatic heterocycles. The zero-order chi connectivity index (χ0) is 15.8. The van der Waals surface area contributed by atoms with Gasteiger partial charge in [-0.2, -0.15) is 0 Å². The Hall–Kier alpha value is -2.46. The molecule has 1 N–H and O–H groups in total. The second-order valence-electron chi connectivity index (χ2n) is 4.98. The molecule has 0 aliphatic rings. The van der Waals surface area contributed by atoms with Crippen LogP contribution in [0.15, 0.2) is 60.8 Å². The Kier molecular flexibility index (Phi) is 5.86. The summed E-state index contributed by atoms with van der Waals surface area (Å²) in [5, 5.41) is 9.27. The van der Waals surface area contributed by atoms with Crippen LogP contribution < -0.4 is 0 Å². The van der Waals surface area contributed by atoms with Gasteiger partial charge in [0.25, 0.3) is 0 Å². The maximum atomic E-state index is 12.3. The number of aliphatic hydroxyl groups excluding tert-OH is 1. The highest BCUT2D eigenvalue weighted by atomic mass is 16.3. The molecule has 1 unspecified atom stereocenters. The number of likely N-dealkylation sites (N-methyl/N-ethyl adjacent to an activating group) is 1. The molecule has 22 heavy (non-hydrogen) atoms. The fraction of sp³-hybridized carbons (Fsp3) is 0.222. The van der Waals surface area contributed by atoms with Crippen LogP contribution >= 0.6 is 0 Å². The summed E-state index contributed by atoms with van der Waals surface area (Å²) in [6.45, 7) is 0.0289. The van der Waals surface area contributed by atoms with Crippen LogP contribution in [0.5, 0.6) is 0 Å². The first-order valence-electron chi connectivity index (χ1n) is 7.24. The molecular weight excluding hydrogens is 276 g/mol. The minimum Gasteiger partial charge on any atom is -0.396 e. The third-order valence-corrected chi connectivity index (χ3v) is 3.49. The Labute approximate surface area is 130 Å². The predicted molar refractivity (Wildman–Crippen MR) is 86.9 cm³/mol. The van der Waals surface area contributed by atoms with Crippen LogP contribution in [-0.2, 0) is 4.79 Å². The topological polar surface area (TPSA) is 53.4 Å². The van der Waals surface area contributed by atoms with E-state index >= 15 is 0 Å². The van der Waals surface area contributed by atoms with Crippen molar-refractivity contribution in [1.82, 2.24) is 9.88 Å². The SMILES string of the molecule is CN(C(=O)/C=C/c1ccccn1)C(CCO)c1ccccc1. The summed E-state index contributed by atoms with van der Waals surface area (Å²) in [5.41, 5.74) is 1.75. The summed E-state index contributed by atoms with van der Waals surface area (Å²) in [5.74, 6) is -0.118. The third kappa shape index (κ3) is 4.27. The van der Waals surface area contributed by atoms with Crippen molar-refractivity contribution in [3.8, 4) is 0 Å². The minimum absolute atomic E-state index is 0.0289. The number of rotatable bonds is 6. The number of aromatic nitrogens is 1. The largest absolute Gasteiger partial charge is 0.396 e. The molecule has 1 atom stereocenters. The molecule has 1 heterocycles. The van der Waals surface area contributed by atoms with Crippen molar-refractivity contribution >= 4 is 12.0 Å². The molecule has 0 saturated heterocycles. The van der Waals surface area contributed by atoms with Gasteiger partial charge in [-0.3, -0.25) is 9.78 Å². The predicted octanol–water partition coefficient (Wildman–Crippen LogP) is 2.68. The average Bonchev–Trinajstić information content (AvgIpc) is 2.58. The lowest BCUT2D eigenvalue weighted by molar-refractivity contribution is -0.127. The Morgan fingerprint density at radius 2 is 1.95 bits per heavy atom. The summed E-state index contributed by atoms with van der Waals surface area (Å²) >= 11 is 0. The molecule has 0 bridgehead atoms. The van der Waals surface area contributed by atoms with Crippen molar-refractivity contribution in [2.24, 2.45) is 0 Å². The van der Waals surface area contributed by atoms with Crippen molar-refractivity contribution in [3.63, 3.8) is 0 Å². The van der Waals surface area contributed by atoms with E-state index in [-0.39, 0.29) is 18.6 Å². The standard InChI is InChI=1S/C18H20N2O2/c1-20(17(12-14-21)15-7-3-2-4-8-15)18(22)11-10-16-9-5-6-13-19-16/h2-11,13,17,21H,12,14H2,1H3/b11-10+. The fourth-order valence-corrected chi connectivity index (χ4v) is 2.28. The highest BCUT2D eigenvalue weighted by molar-refractivity contribution is 5.91. The van der Waals surface area contributed by atoms with E-state index in [9.17, 15) is 9.90 Å². The van der Waals surface area contributed by atoms with Crippen molar-refractivity contribution in [3.05, 3.63) is 72.1 Å². The van der Waals surface area contributed by atoms with E-state index in [1.807, 2.05) is 48.5 Å². The van der Waals surface area contributed by atoms with Crippen molar-refractivity contribution in [2.75, 3.05) is 13.7 Å². The maximum absolute atomic E-state index is 12.3. The lowest BCUT2D eigenvalue weighted by Crippen LogP contribution is -2.30. The summed E-state index contributed by atoms with van der Waals surface area (Å²) in [6, 6.07) is 15.1. The molecule has 4 heteroatoms. The number of amides is 1. The van der Waals surface area contributed by atoms with Gasteiger partial charge in [-0.25, -0.2) is 0 Å². The molecule has 1 amide bonds. The molecule has 0 aliphatic carbocycles. The first kappa shape index (κ1) is 15.9. The van der Waals surface area contributed by atoms with E-state index in [2.05, 4.69) is 4.98 Å². The molecule has 114 valence electrons. The lowest BCUT2D eigenvalue weighted by Gasteiger charge is -2.27. The quantitative estimate of drug-likeness (QED) is 0.834. The summed E-state index contributed by atoms with van der Waals surface area (Å²) < 4.78 is 0. The van der Waals surface area contributed by atoms with Gasteiger partial charge in [-0.1, -0.05) is 36.4 Å². The maximum Gasteiger partial charge on any atom is 0.246 e. The van der Waals surface area contributed by atoms with Gasteiger partial charge in [0.05, 0.1) is 11.7 Å². The molecule has 0 fully saturated rings. The average molecular weight is 296 g/mol. The van der Waals surface area contributed by atoms with Gasteiger partial charge in [-0.15, -0.1) is 0 Å². The van der Waals surface area contributed by atoms with Crippen LogP contribution in [0.1, 0.15) is 23.7 Å². The Bertz CT molecular complexity index is 611. The molecule has 2 aromatic rings. The molecule has 4 nitrogen and oxygen atoms in total. The molecule has 0 saturated carbocycles. The van der Waals surface area contributed by atoms with Gasteiger partial charge in [0, 0.05) is 25.9 Å². The molecule has 1 aromatic carbocycles. The fourth-order valence-electron chi connectivity index (χ4n) is 2.28. The van der Waals surface area contributed by atoms with Crippen LogP contribution in [0.4, 0.5) is 0 Å². The molecule has 1 aromatic heterocycles. The van der Waals surface area contributed by atoms with Crippen LogP contribution in [0.25, 0.3) is 6.08 Å². The Morgan fingerprint density at radius 3 is 2.59 bits per heavy atom. The number of aliphatic hydroxyl groups is 1. The zero-order valence-electron chi connectivity index (χ0n) is 12.6. The van der Waals surface area contributed by atoms with E-state index in [1.54, 1.807) is 24.2 Å². The number of benzene rings is 1. The van der Waals surface area contributed by atoms with Gasteiger partial charge in [0.15, 0.2) is 0 Å². The second-order valence-corrected chi connectivity index (χ2v) is 4.98. The number of carbonyl (C=O) groups excluding carboxylic acids is 1. The minimum atomic E-state index is -0.146. The molecular formula is C18H20N2O2. The van der Waals surface area contributed by atoms with Gasteiger partial charge in [-0.05, 0) is 30.2 Å². The summed E-state index contributed by atoms with van der Waals surface area (Å²) in [7, 11) is 1.75. The van der Waals surface area contributed by atoms with E-state index in [1.165, 1.54) is 6.08 Å². The third-order valence-electron chi connectivity index (χ3n) is 3.49. The van der Waals surface area contributed by atoms with E-state index in [4.69, 9.17) is 0 Å². The van der Waals surface area contributed by atoms with Gasteiger partial charge in [0.1, 0.15) is 0 Å². The van der Waals surface area contributed by atoms with E-state index < -0.39 is 0 Å². The number of nitrogens with zero attached hydrogens (tertiary/aromatic N) is 2. The number of hydrogen-bond donors (Lipinski definition) is 1. The Balaban J connectivity index is 2.11. The van der Waals surface area contributed by atoms with Crippen molar-refractivity contribution in [1.29, 1.82) is 0 Å². The van der Waals surface area contributed by atoms with Crippen molar-refractivity contribution in [2.45, 2.75) is 12.5 Å². The van der Waals surface area contributed by atoms with E-state index in [0.29, 0.717) is 6.42 Å². The van der Waals surface area contributed by atoms with Crippen LogP contribution in [0, 0.1) is 0 Å². The first-order chi connectivity index (χ1) is 10.7. The molecule has 2 rings (SSSR count).